The van der Waals surface area contributed by atoms with Crippen LogP contribution in [0, 0.1) is 0 Å². The fourth-order valence-corrected chi connectivity index (χ4v) is 3.61. The van der Waals surface area contributed by atoms with Crippen LogP contribution in [0.4, 0.5) is 11.4 Å². The molecule has 4 rings (SSSR count). The third-order valence-electron chi connectivity index (χ3n) is 5.03. The minimum absolute atomic E-state index is 0.0371. The number of carbonyl (C=O) groups excluding carboxylic acids is 2. The quantitative estimate of drug-likeness (QED) is 0.487. The molecule has 0 aliphatic carbocycles. The van der Waals surface area contributed by atoms with Crippen molar-refractivity contribution in [1.82, 2.24) is 0 Å². The van der Waals surface area contributed by atoms with Crippen molar-refractivity contribution in [2.24, 2.45) is 0 Å². The first-order valence-electron chi connectivity index (χ1n) is 10.4. The number of nitrogens with one attached hydrogen (secondary N) is 1. The number of halogens is 1. The molecule has 3 aromatic carbocycles. The fraction of sp³-hybridized carbons (Fsp3) is 0.200. The van der Waals surface area contributed by atoms with Crippen LogP contribution in [0.15, 0.2) is 72.8 Å². The van der Waals surface area contributed by atoms with Gasteiger partial charge in [0.15, 0.2) is 6.61 Å². The highest BCUT2D eigenvalue weighted by atomic mass is 35.5. The van der Waals surface area contributed by atoms with Crippen LogP contribution in [0.2, 0.25) is 5.02 Å². The minimum Gasteiger partial charge on any atom is -0.494 e. The fourth-order valence-electron chi connectivity index (χ4n) is 3.41. The third-order valence-corrected chi connectivity index (χ3v) is 5.40. The molecule has 0 bridgehead atoms. The average Bonchev–Trinajstić information content (AvgIpc) is 2.81. The molecule has 6 nitrogen and oxygen atoms in total. The maximum atomic E-state index is 12.6. The first-order valence-corrected chi connectivity index (χ1v) is 10.8. The molecule has 3 aromatic rings. The topological polar surface area (TPSA) is 67.9 Å². The highest BCUT2D eigenvalue weighted by molar-refractivity contribution is 6.31. The van der Waals surface area contributed by atoms with Gasteiger partial charge in [0.2, 0.25) is 5.91 Å². The Labute approximate surface area is 191 Å². The molecule has 0 saturated carbocycles. The summed E-state index contributed by atoms with van der Waals surface area (Å²) in [6.45, 7) is 0.739. The number of hydrogen-bond acceptors (Lipinski definition) is 4. The summed E-state index contributed by atoms with van der Waals surface area (Å²) in [6.07, 6.45) is 0.911. The first-order chi connectivity index (χ1) is 15.6. The molecule has 0 unspecified atom stereocenters. The highest BCUT2D eigenvalue weighted by Gasteiger charge is 2.26. The zero-order chi connectivity index (χ0) is 22.3. The Morgan fingerprint density at radius 1 is 1.06 bits per heavy atom. The average molecular weight is 451 g/mol. The van der Waals surface area contributed by atoms with E-state index in [9.17, 15) is 9.59 Å². The standard InChI is InChI=1S/C25H23ClN2O4/c26-21-10-5-4-7-18(21)16-28-22-15-19(12-13-23(22)32-17-25(28)30)27-24(29)11-6-14-31-20-8-2-1-3-9-20/h1-5,7-10,12-13,15H,6,11,14,16-17H2,(H,27,29). The van der Waals surface area contributed by atoms with E-state index < -0.39 is 0 Å². The van der Waals surface area contributed by atoms with E-state index in [1.165, 1.54) is 0 Å². The van der Waals surface area contributed by atoms with Crippen molar-refractivity contribution >= 4 is 34.8 Å². The Hall–Kier alpha value is -3.51. The number of hydrogen-bond donors (Lipinski definition) is 1. The van der Waals surface area contributed by atoms with Crippen molar-refractivity contribution in [3.8, 4) is 11.5 Å². The van der Waals surface area contributed by atoms with Crippen molar-refractivity contribution in [1.29, 1.82) is 0 Å². The SMILES string of the molecule is O=C(CCCOc1ccccc1)Nc1ccc2c(c1)N(Cc1ccccc1Cl)C(=O)CO2. The van der Waals surface area contributed by atoms with E-state index in [-0.39, 0.29) is 18.4 Å². The summed E-state index contributed by atoms with van der Waals surface area (Å²) in [4.78, 5) is 26.6. The number of benzene rings is 3. The van der Waals surface area contributed by atoms with Crippen molar-refractivity contribution < 1.29 is 19.1 Å². The smallest absolute Gasteiger partial charge is 0.265 e. The zero-order valence-electron chi connectivity index (χ0n) is 17.4. The summed E-state index contributed by atoms with van der Waals surface area (Å²) in [7, 11) is 0. The number of para-hydroxylation sites is 1. The number of amides is 2. The molecule has 0 radical (unpaired) electrons. The van der Waals surface area contributed by atoms with Crippen LogP contribution in [-0.4, -0.2) is 25.0 Å². The lowest BCUT2D eigenvalue weighted by atomic mass is 10.1. The molecule has 0 saturated heterocycles. The van der Waals surface area contributed by atoms with E-state index in [1.54, 1.807) is 29.2 Å². The Morgan fingerprint density at radius 3 is 2.66 bits per heavy atom. The maximum absolute atomic E-state index is 12.6. The second-order valence-electron chi connectivity index (χ2n) is 7.36. The van der Waals surface area contributed by atoms with Crippen LogP contribution in [0.5, 0.6) is 11.5 Å². The van der Waals surface area contributed by atoms with E-state index in [0.29, 0.717) is 48.1 Å². The number of ether oxygens (including phenoxy) is 2. The van der Waals surface area contributed by atoms with Gasteiger partial charge < -0.3 is 19.7 Å². The molecule has 0 spiro atoms. The molecule has 0 atom stereocenters. The van der Waals surface area contributed by atoms with Gasteiger partial charge in [-0.25, -0.2) is 0 Å². The molecule has 1 aliphatic heterocycles. The van der Waals surface area contributed by atoms with E-state index in [0.717, 1.165) is 11.3 Å². The molecule has 7 heteroatoms. The molecule has 0 aromatic heterocycles. The summed E-state index contributed by atoms with van der Waals surface area (Å²) in [5, 5.41) is 3.48. The van der Waals surface area contributed by atoms with Gasteiger partial charge in [-0.3, -0.25) is 9.59 Å². The van der Waals surface area contributed by atoms with Gasteiger partial charge in [0.05, 0.1) is 18.8 Å². The second kappa shape index (κ2) is 10.2. The second-order valence-corrected chi connectivity index (χ2v) is 7.76. The molecule has 0 fully saturated rings. The molecule has 1 aliphatic rings. The van der Waals surface area contributed by atoms with Crippen molar-refractivity contribution in [2.75, 3.05) is 23.4 Å². The van der Waals surface area contributed by atoms with E-state index >= 15 is 0 Å². The lowest BCUT2D eigenvalue weighted by Gasteiger charge is -2.30. The van der Waals surface area contributed by atoms with Gasteiger partial charge in [-0.15, -0.1) is 0 Å². The molecular weight excluding hydrogens is 428 g/mol. The van der Waals surface area contributed by atoms with E-state index in [2.05, 4.69) is 5.32 Å². The van der Waals surface area contributed by atoms with Gasteiger partial charge in [0.25, 0.3) is 5.91 Å². The van der Waals surface area contributed by atoms with Gasteiger partial charge >= 0.3 is 0 Å². The molecule has 2 amide bonds. The predicted octanol–water partition coefficient (Wildman–Crippen LogP) is 5.06. The first kappa shape index (κ1) is 21.7. The number of carbonyl (C=O) groups is 2. The van der Waals surface area contributed by atoms with Gasteiger partial charge in [-0.1, -0.05) is 48.0 Å². The Morgan fingerprint density at radius 2 is 1.84 bits per heavy atom. The zero-order valence-corrected chi connectivity index (χ0v) is 18.2. The van der Waals surface area contributed by atoms with Crippen LogP contribution >= 0.6 is 11.6 Å². The normalized spacial score (nSPS) is 12.7. The summed E-state index contributed by atoms with van der Waals surface area (Å²) >= 11 is 6.28. The van der Waals surface area contributed by atoms with Gasteiger partial charge in [-0.05, 0) is 48.4 Å². The van der Waals surface area contributed by atoms with E-state index in [1.807, 2.05) is 48.5 Å². The molecule has 32 heavy (non-hydrogen) atoms. The highest BCUT2D eigenvalue weighted by Crippen LogP contribution is 2.36. The summed E-state index contributed by atoms with van der Waals surface area (Å²) in [5.41, 5.74) is 2.04. The number of nitrogens with zero attached hydrogens (tertiary/aromatic N) is 1. The summed E-state index contributed by atoms with van der Waals surface area (Å²) < 4.78 is 11.2. The van der Waals surface area contributed by atoms with Crippen LogP contribution in [-0.2, 0) is 16.1 Å². The van der Waals surface area contributed by atoms with Gasteiger partial charge in [0.1, 0.15) is 11.5 Å². The molecule has 1 N–H and O–H groups in total. The number of anilines is 2. The number of rotatable bonds is 8. The minimum atomic E-state index is -0.168. The number of fused-ring (bicyclic) bond motifs is 1. The predicted molar refractivity (Wildman–Crippen MR) is 124 cm³/mol. The monoisotopic (exact) mass is 450 g/mol. The molecule has 1 heterocycles. The Bertz CT molecular complexity index is 1100. The van der Waals surface area contributed by atoms with Crippen molar-refractivity contribution in [2.45, 2.75) is 19.4 Å². The maximum Gasteiger partial charge on any atom is 0.265 e. The van der Waals surface area contributed by atoms with Gasteiger partial charge in [-0.2, -0.15) is 0 Å². The largest absolute Gasteiger partial charge is 0.494 e. The summed E-state index contributed by atoms with van der Waals surface area (Å²) in [5.74, 6) is 1.08. The Kier molecular flexibility index (Phi) is 6.92. The summed E-state index contributed by atoms with van der Waals surface area (Å²) in [6, 6.07) is 22.2. The molecule has 164 valence electrons. The van der Waals surface area contributed by atoms with E-state index in [4.69, 9.17) is 21.1 Å². The van der Waals surface area contributed by atoms with Gasteiger partial charge in [0, 0.05) is 17.1 Å². The van der Waals surface area contributed by atoms with Crippen LogP contribution in [0.3, 0.4) is 0 Å². The lowest BCUT2D eigenvalue weighted by molar-refractivity contribution is -0.121. The van der Waals surface area contributed by atoms with Crippen molar-refractivity contribution in [3.05, 3.63) is 83.4 Å². The van der Waals surface area contributed by atoms with Crippen LogP contribution in [0.1, 0.15) is 18.4 Å². The lowest BCUT2D eigenvalue weighted by Crippen LogP contribution is -2.38. The third kappa shape index (κ3) is 5.39. The van der Waals surface area contributed by atoms with Crippen molar-refractivity contribution in [3.63, 3.8) is 0 Å². The van der Waals surface area contributed by atoms with Crippen LogP contribution < -0.4 is 19.7 Å². The van der Waals surface area contributed by atoms with Crippen LogP contribution in [0.25, 0.3) is 0 Å². The molecular formula is C25H23ClN2O4. The Balaban J connectivity index is 1.38.